The van der Waals surface area contributed by atoms with Gasteiger partial charge in [-0.1, -0.05) is 27.2 Å². The van der Waals surface area contributed by atoms with Gasteiger partial charge in [-0.3, -0.25) is 4.79 Å². The SMILES string of the molecule is CC[C@H](C)CC(C)C(N)=O. The molecule has 2 N–H and O–H groups in total. The van der Waals surface area contributed by atoms with E-state index in [0.717, 1.165) is 12.8 Å². The van der Waals surface area contributed by atoms with Crippen LogP contribution in [0.3, 0.4) is 0 Å². The molecule has 0 aliphatic carbocycles. The van der Waals surface area contributed by atoms with Crippen LogP contribution >= 0.6 is 0 Å². The molecule has 1 amide bonds. The smallest absolute Gasteiger partial charge is 0.220 e. The maximum absolute atomic E-state index is 10.6. The van der Waals surface area contributed by atoms with Gasteiger partial charge in [-0.15, -0.1) is 0 Å². The Morgan fingerprint density at radius 3 is 2.30 bits per heavy atom. The van der Waals surface area contributed by atoms with Gasteiger partial charge in [0, 0.05) is 5.92 Å². The lowest BCUT2D eigenvalue weighted by Crippen LogP contribution is -2.22. The summed E-state index contributed by atoms with van der Waals surface area (Å²) in [5, 5.41) is 0. The second kappa shape index (κ2) is 4.31. The van der Waals surface area contributed by atoms with E-state index in [2.05, 4.69) is 13.8 Å². The molecule has 0 radical (unpaired) electrons. The molecule has 0 saturated carbocycles. The van der Waals surface area contributed by atoms with Crippen LogP contribution in [-0.2, 0) is 4.79 Å². The van der Waals surface area contributed by atoms with E-state index in [0.29, 0.717) is 5.92 Å². The van der Waals surface area contributed by atoms with Crippen LogP contribution in [0.15, 0.2) is 0 Å². The Kier molecular flexibility index (Phi) is 4.08. The van der Waals surface area contributed by atoms with E-state index < -0.39 is 0 Å². The van der Waals surface area contributed by atoms with Crippen molar-refractivity contribution in [1.29, 1.82) is 0 Å². The Morgan fingerprint density at radius 2 is 2.00 bits per heavy atom. The van der Waals surface area contributed by atoms with Crippen molar-refractivity contribution in [2.45, 2.75) is 33.6 Å². The van der Waals surface area contributed by atoms with Crippen molar-refractivity contribution in [3.05, 3.63) is 0 Å². The van der Waals surface area contributed by atoms with Crippen LogP contribution in [0.1, 0.15) is 33.6 Å². The second-order valence-electron chi connectivity index (χ2n) is 3.05. The predicted molar refractivity (Wildman–Crippen MR) is 42.4 cm³/mol. The summed E-state index contributed by atoms with van der Waals surface area (Å²) >= 11 is 0. The van der Waals surface area contributed by atoms with E-state index in [9.17, 15) is 4.79 Å². The summed E-state index contributed by atoms with van der Waals surface area (Å²) in [4.78, 5) is 10.6. The van der Waals surface area contributed by atoms with Crippen molar-refractivity contribution in [1.82, 2.24) is 0 Å². The molecule has 0 aromatic heterocycles. The molecule has 0 saturated heterocycles. The van der Waals surface area contributed by atoms with Crippen LogP contribution in [0.25, 0.3) is 0 Å². The first-order chi connectivity index (χ1) is 4.57. The van der Waals surface area contributed by atoms with Gasteiger partial charge in [0.25, 0.3) is 0 Å². The zero-order valence-corrected chi connectivity index (χ0v) is 7.05. The zero-order valence-electron chi connectivity index (χ0n) is 7.05. The lowest BCUT2D eigenvalue weighted by molar-refractivity contribution is -0.121. The molecular formula is C8H17NO. The highest BCUT2D eigenvalue weighted by Crippen LogP contribution is 2.13. The third-order valence-corrected chi connectivity index (χ3v) is 1.94. The molecule has 0 aromatic carbocycles. The number of rotatable bonds is 4. The van der Waals surface area contributed by atoms with E-state index in [-0.39, 0.29) is 11.8 Å². The highest BCUT2D eigenvalue weighted by atomic mass is 16.1. The van der Waals surface area contributed by atoms with Crippen LogP contribution in [-0.4, -0.2) is 5.91 Å². The maximum atomic E-state index is 10.6. The van der Waals surface area contributed by atoms with Gasteiger partial charge in [0.1, 0.15) is 0 Å². The first-order valence-electron chi connectivity index (χ1n) is 3.87. The van der Waals surface area contributed by atoms with E-state index in [1.54, 1.807) is 0 Å². The lowest BCUT2D eigenvalue weighted by Gasteiger charge is -2.11. The number of primary amides is 1. The molecule has 0 spiro atoms. The van der Waals surface area contributed by atoms with Crippen LogP contribution in [0.2, 0.25) is 0 Å². The molecule has 2 nitrogen and oxygen atoms in total. The molecule has 1 unspecified atom stereocenters. The molecular weight excluding hydrogens is 126 g/mol. The Balaban J connectivity index is 3.56. The standard InChI is InChI=1S/C8H17NO/c1-4-6(2)5-7(3)8(9)10/h6-7H,4-5H2,1-3H3,(H2,9,10)/t6-,7?/m0/s1. The van der Waals surface area contributed by atoms with Gasteiger partial charge in [-0.05, 0) is 12.3 Å². The van der Waals surface area contributed by atoms with Gasteiger partial charge >= 0.3 is 0 Å². The van der Waals surface area contributed by atoms with Crippen molar-refractivity contribution >= 4 is 5.91 Å². The predicted octanol–water partition coefficient (Wildman–Crippen LogP) is 1.54. The summed E-state index contributed by atoms with van der Waals surface area (Å²) < 4.78 is 0. The Labute approximate surface area is 62.8 Å². The molecule has 0 heterocycles. The average molecular weight is 143 g/mol. The monoisotopic (exact) mass is 143 g/mol. The summed E-state index contributed by atoms with van der Waals surface area (Å²) in [6.07, 6.45) is 2.05. The fraction of sp³-hybridized carbons (Fsp3) is 0.875. The molecule has 0 aliphatic rings. The summed E-state index contributed by atoms with van der Waals surface area (Å²) in [5.74, 6) is 0.470. The summed E-state index contributed by atoms with van der Waals surface area (Å²) in [7, 11) is 0. The fourth-order valence-electron chi connectivity index (χ4n) is 0.886. The minimum absolute atomic E-state index is 0.0370. The Bertz CT molecular complexity index is 112. The molecule has 10 heavy (non-hydrogen) atoms. The first-order valence-corrected chi connectivity index (χ1v) is 3.87. The van der Waals surface area contributed by atoms with Gasteiger partial charge in [-0.25, -0.2) is 0 Å². The van der Waals surface area contributed by atoms with Crippen molar-refractivity contribution in [3.8, 4) is 0 Å². The van der Waals surface area contributed by atoms with E-state index >= 15 is 0 Å². The molecule has 0 bridgehead atoms. The first kappa shape index (κ1) is 9.47. The molecule has 0 aliphatic heterocycles. The number of hydrogen-bond donors (Lipinski definition) is 1. The van der Waals surface area contributed by atoms with E-state index in [4.69, 9.17) is 5.73 Å². The Morgan fingerprint density at radius 1 is 1.50 bits per heavy atom. The molecule has 0 fully saturated rings. The highest BCUT2D eigenvalue weighted by molar-refractivity contribution is 5.76. The van der Waals surface area contributed by atoms with Crippen molar-refractivity contribution in [3.63, 3.8) is 0 Å². The summed E-state index contributed by atoms with van der Waals surface area (Å²) in [6.45, 7) is 6.15. The quantitative estimate of drug-likeness (QED) is 0.637. The minimum Gasteiger partial charge on any atom is -0.369 e. The minimum atomic E-state index is -0.180. The topological polar surface area (TPSA) is 43.1 Å². The van der Waals surface area contributed by atoms with Gasteiger partial charge in [0.2, 0.25) is 5.91 Å². The highest BCUT2D eigenvalue weighted by Gasteiger charge is 2.11. The maximum Gasteiger partial charge on any atom is 0.220 e. The molecule has 60 valence electrons. The van der Waals surface area contributed by atoms with Crippen LogP contribution in [0, 0.1) is 11.8 Å². The number of carbonyl (C=O) groups excluding carboxylic acids is 1. The second-order valence-corrected chi connectivity index (χ2v) is 3.05. The summed E-state index contributed by atoms with van der Waals surface area (Å²) in [6, 6.07) is 0. The fourth-order valence-corrected chi connectivity index (χ4v) is 0.886. The van der Waals surface area contributed by atoms with E-state index in [1.807, 2.05) is 6.92 Å². The number of amides is 1. The molecule has 0 rings (SSSR count). The third-order valence-electron chi connectivity index (χ3n) is 1.94. The normalized spacial score (nSPS) is 16.3. The zero-order chi connectivity index (χ0) is 8.15. The van der Waals surface area contributed by atoms with Crippen LogP contribution < -0.4 is 5.73 Å². The largest absolute Gasteiger partial charge is 0.369 e. The summed E-state index contributed by atoms with van der Waals surface area (Å²) in [5.41, 5.74) is 5.10. The van der Waals surface area contributed by atoms with Crippen LogP contribution in [0.4, 0.5) is 0 Å². The van der Waals surface area contributed by atoms with Crippen molar-refractivity contribution in [2.75, 3.05) is 0 Å². The van der Waals surface area contributed by atoms with Crippen molar-refractivity contribution < 1.29 is 4.79 Å². The number of carbonyl (C=O) groups is 1. The number of hydrogen-bond acceptors (Lipinski definition) is 1. The molecule has 2 heteroatoms. The van der Waals surface area contributed by atoms with Gasteiger partial charge < -0.3 is 5.73 Å². The number of nitrogens with two attached hydrogens (primary N) is 1. The average Bonchev–Trinajstić information content (AvgIpc) is 1.87. The van der Waals surface area contributed by atoms with Crippen molar-refractivity contribution in [2.24, 2.45) is 17.6 Å². The Hall–Kier alpha value is -0.530. The molecule has 0 aromatic rings. The van der Waals surface area contributed by atoms with Gasteiger partial charge in [0.05, 0.1) is 0 Å². The lowest BCUT2D eigenvalue weighted by atomic mass is 9.95. The van der Waals surface area contributed by atoms with E-state index in [1.165, 1.54) is 0 Å². The third kappa shape index (κ3) is 3.49. The van der Waals surface area contributed by atoms with Gasteiger partial charge in [-0.2, -0.15) is 0 Å². The molecule has 2 atom stereocenters. The van der Waals surface area contributed by atoms with Crippen LogP contribution in [0.5, 0.6) is 0 Å². The van der Waals surface area contributed by atoms with Gasteiger partial charge in [0.15, 0.2) is 0 Å².